The maximum atomic E-state index is 6.32. The molecule has 4 nitrogen and oxygen atoms in total. The number of piperazine rings is 1. The third-order valence-corrected chi connectivity index (χ3v) is 6.56. The van der Waals surface area contributed by atoms with Gasteiger partial charge in [-0.15, -0.1) is 11.3 Å². The van der Waals surface area contributed by atoms with Gasteiger partial charge in [0.15, 0.2) is 0 Å². The van der Waals surface area contributed by atoms with Gasteiger partial charge in [-0.3, -0.25) is 4.90 Å². The van der Waals surface area contributed by atoms with Gasteiger partial charge in [0.05, 0.1) is 5.39 Å². The maximum absolute atomic E-state index is 6.32. The van der Waals surface area contributed by atoms with E-state index in [9.17, 15) is 0 Å². The van der Waals surface area contributed by atoms with Gasteiger partial charge in [0.25, 0.3) is 0 Å². The average Bonchev–Trinajstić information content (AvgIpc) is 3.08. The first kappa shape index (κ1) is 18.0. The summed E-state index contributed by atoms with van der Waals surface area (Å²) in [5, 5.41) is 2.60. The lowest BCUT2D eigenvalue weighted by Crippen LogP contribution is -2.46. The number of nitrogens with zero attached hydrogens (tertiary/aromatic N) is 4. The summed E-state index contributed by atoms with van der Waals surface area (Å²) >= 11 is 14.1. The minimum atomic E-state index is 0.679. The summed E-state index contributed by atoms with van der Waals surface area (Å²) in [6.07, 6.45) is 2.73. The SMILES string of the molecule is CCc1cc2c(N3CCN(Cc4ccc(Cl)cc4Cl)CC3)ncnc2s1. The van der Waals surface area contributed by atoms with Gasteiger partial charge in [0.2, 0.25) is 0 Å². The van der Waals surface area contributed by atoms with E-state index in [2.05, 4.69) is 32.8 Å². The molecule has 1 aromatic carbocycles. The Labute approximate surface area is 167 Å². The Morgan fingerprint density at radius 1 is 1.08 bits per heavy atom. The first-order chi connectivity index (χ1) is 12.6. The van der Waals surface area contributed by atoms with Gasteiger partial charge >= 0.3 is 0 Å². The number of anilines is 1. The van der Waals surface area contributed by atoms with E-state index in [-0.39, 0.29) is 0 Å². The molecule has 0 atom stereocenters. The van der Waals surface area contributed by atoms with E-state index in [1.807, 2.05) is 18.2 Å². The molecule has 0 radical (unpaired) electrons. The molecule has 3 aromatic rings. The predicted octanol–water partition coefficient (Wildman–Crippen LogP) is 4.88. The van der Waals surface area contributed by atoms with Crippen molar-refractivity contribution in [1.82, 2.24) is 14.9 Å². The standard InChI is InChI=1S/C19H20Cl2N4S/c1-2-15-10-16-18(22-12-23-19(16)26-15)25-7-5-24(6-8-25)11-13-3-4-14(20)9-17(13)21/h3-4,9-10,12H,2,5-8,11H2,1H3. The lowest BCUT2D eigenvalue weighted by molar-refractivity contribution is 0.249. The third-order valence-electron chi connectivity index (χ3n) is 4.79. The van der Waals surface area contributed by atoms with Gasteiger partial charge in [0, 0.05) is 47.6 Å². The van der Waals surface area contributed by atoms with Crippen molar-refractivity contribution in [1.29, 1.82) is 0 Å². The minimum absolute atomic E-state index is 0.679. The Morgan fingerprint density at radius 3 is 2.62 bits per heavy atom. The van der Waals surface area contributed by atoms with E-state index in [1.54, 1.807) is 17.7 Å². The van der Waals surface area contributed by atoms with Crippen LogP contribution in [0.2, 0.25) is 10.0 Å². The zero-order valence-corrected chi connectivity index (χ0v) is 16.9. The number of halogens is 2. The molecule has 3 heterocycles. The quantitative estimate of drug-likeness (QED) is 0.617. The number of aromatic nitrogens is 2. The fourth-order valence-electron chi connectivity index (χ4n) is 3.33. The van der Waals surface area contributed by atoms with Gasteiger partial charge in [0.1, 0.15) is 17.0 Å². The summed E-state index contributed by atoms with van der Waals surface area (Å²) in [6, 6.07) is 7.98. The topological polar surface area (TPSA) is 32.3 Å². The van der Waals surface area contributed by atoms with E-state index < -0.39 is 0 Å². The zero-order valence-electron chi connectivity index (χ0n) is 14.6. The Hall–Kier alpha value is -1.40. The zero-order chi connectivity index (χ0) is 18.1. The Balaban J connectivity index is 1.46. The van der Waals surface area contributed by atoms with Crippen molar-refractivity contribution in [3.63, 3.8) is 0 Å². The Kier molecular flexibility index (Phi) is 5.32. The number of hydrogen-bond donors (Lipinski definition) is 0. The molecule has 1 aliphatic rings. The molecule has 0 bridgehead atoms. The minimum Gasteiger partial charge on any atom is -0.353 e. The molecule has 2 aromatic heterocycles. The second-order valence-electron chi connectivity index (χ2n) is 6.48. The molecule has 136 valence electrons. The molecule has 0 aliphatic carbocycles. The predicted molar refractivity (Wildman–Crippen MR) is 111 cm³/mol. The molecule has 0 spiro atoms. The van der Waals surface area contributed by atoms with Crippen LogP contribution in [0.1, 0.15) is 17.4 Å². The summed E-state index contributed by atoms with van der Waals surface area (Å²) < 4.78 is 0. The second kappa shape index (κ2) is 7.69. The largest absolute Gasteiger partial charge is 0.353 e. The summed E-state index contributed by atoms with van der Waals surface area (Å²) in [7, 11) is 0. The van der Waals surface area contributed by atoms with Crippen LogP contribution in [0.5, 0.6) is 0 Å². The molecule has 1 aliphatic heterocycles. The first-order valence-corrected chi connectivity index (χ1v) is 10.4. The van der Waals surface area contributed by atoms with Crippen molar-refractivity contribution < 1.29 is 0 Å². The van der Waals surface area contributed by atoms with E-state index in [0.717, 1.165) is 60.4 Å². The van der Waals surface area contributed by atoms with Crippen molar-refractivity contribution in [2.45, 2.75) is 19.9 Å². The number of thiophene rings is 1. The van der Waals surface area contributed by atoms with Gasteiger partial charge in [-0.25, -0.2) is 9.97 Å². The summed E-state index contributed by atoms with van der Waals surface area (Å²) in [5.74, 6) is 1.06. The summed E-state index contributed by atoms with van der Waals surface area (Å²) in [6.45, 7) is 6.90. The van der Waals surface area contributed by atoms with E-state index in [0.29, 0.717) is 5.02 Å². The van der Waals surface area contributed by atoms with Crippen molar-refractivity contribution in [3.8, 4) is 0 Å². The lowest BCUT2D eigenvalue weighted by atomic mass is 10.2. The van der Waals surface area contributed by atoms with Crippen LogP contribution < -0.4 is 4.90 Å². The molecule has 26 heavy (non-hydrogen) atoms. The smallest absolute Gasteiger partial charge is 0.140 e. The molecule has 4 rings (SSSR count). The fourth-order valence-corrected chi connectivity index (χ4v) is 4.73. The molecule has 0 N–H and O–H groups in total. The van der Waals surface area contributed by atoms with E-state index >= 15 is 0 Å². The summed E-state index contributed by atoms with van der Waals surface area (Å²) in [5.41, 5.74) is 1.12. The van der Waals surface area contributed by atoms with Crippen molar-refractivity contribution in [2.24, 2.45) is 0 Å². The highest BCUT2D eigenvalue weighted by molar-refractivity contribution is 7.18. The van der Waals surface area contributed by atoms with Gasteiger partial charge in [-0.05, 0) is 30.2 Å². The fraction of sp³-hybridized carbons (Fsp3) is 0.368. The molecule has 1 fully saturated rings. The van der Waals surface area contributed by atoms with Crippen LogP contribution in [-0.4, -0.2) is 41.0 Å². The second-order valence-corrected chi connectivity index (χ2v) is 8.44. The third kappa shape index (κ3) is 3.67. The van der Waals surface area contributed by atoms with Crippen LogP contribution >= 0.6 is 34.5 Å². The van der Waals surface area contributed by atoms with E-state index in [1.165, 1.54) is 10.3 Å². The number of fused-ring (bicyclic) bond motifs is 1. The Bertz CT molecular complexity index is 919. The number of aryl methyl sites for hydroxylation is 1. The van der Waals surface area contributed by atoms with Crippen LogP contribution in [0, 0.1) is 0 Å². The van der Waals surface area contributed by atoms with Crippen molar-refractivity contribution in [2.75, 3.05) is 31.1 Å². The molecule has 0 amide bonds. The monoisotopic (exact) mass is 406 g/mol. The highest BCUT2D eigenvalue weighted by Crippen LogP contribution is 2.31. The molecular formula is C19H20Cl2N4S. The number of benzene rings is 1. The van der Waals surface area contributed by atoms with Crippen molar-refractivity contribution >= 4 is 50.6 Å². The van der Waals surface area contributed by atoms with Crippen LogP contribution in [0.3, 0.4) is 0 Å². The highest BCUT2D eigenvalue weighted by atomic mass is 35.5. The van der Waals surface area contributed by atoms with Gasteiger partial charge in [-0.1, -0.05) is 36.2 Å². The summed E-state index contributed by atoms with van der Waals surface area (Å²) in [4.78, 5) is 16.3. The lowest BCUT2D eigenvalue weighted by Gasteiger charge is -2.35. The van der Waals surface area contributed by atoms with Crippen molar-refractivity contribution in [3.05, 3.63) is 51.1 Å². The first-order valence-electron chi connectivity index (χ1n) is 8.78. The number of hydrogen-bond acceptors (Lipinski definition) is 5. The highest BCUT2D eigenvalue weighted by Gasteiger charge is 2.21. The molecular weight excluding hydrogens is 387 g/mol. The average molecular weight is 407 g/mol. The number of rotatable bonds is 4. The van der Waals surface area contributed by atoms with Gasteiger partial charge in [-0.2, -0.15) is 0 Å². The molecule has 0 unspecified atom stereocenters. The van der Waals surface area contributed by atoms with E-state index in [4.69, 9.17) is 23.2 Å². The normalized spacial score (nSPS) is 15.7. The van der Waals surface area contributed by atoms with Crippen LogP contribution in [0.4, 0.5) is 5.82 Å². The molecule has 1 saturated heterocycles. The Morgan fingerprint density at radius 2 is 1.88 bits per heavy atom. The van der Waals surface area contributed by atoms with Crippen LogP contribution in [0.25, 0.3) is 10.2 Å². The molecule has 7 heteroatoms. The van der Waals surface area contributed by atoms with Gasteiger partial charge < -0.3 is 4.90 Å². The molecule has 0 saturated carbocycles. The van der Waals surface area contributed by atoms with Crippen LogP contribution in [0.15, 0.2) is 30.6 Å². The van der Waals surface area contributed by atoms with Crippen LogP contribution in [-0.2, 0) is 13.0 Å². The maximum Gasteiger partial charge on any atom is 0.140 e.